The Morgan fingerprint density at radius 1 is 0.950 bits per heavy atom. The molecule has 0 aromatic heterocycles. The largest absolute Gasteiger partial charge is 0.478 e. The molecule has 0 spiro atoms. The van der Waals surface area contributed by atoms with Gasteiger partial charge in [0.2, 0.25) is 0 Å². The van der Waals surface area contributed by atoms with Crippen LogP contribution < -0.4 is 4.74 Å². The van der Waals surface area contributed by atoms with Gasteiger partial charge in [0, 0.05) is 0 Å². The van der Waals surface area contributed by atoms with Gasteiger partial charge in [-0.05, 0) is 38.1 Å². The standard InChI is InChI=1S/C16H16N2O2/c1-16(2,12-19)20-15-11-7-6-10-14(15)18-17-13-8-4-3-5-9-13/h3-12H,1-2H3. The van der Waals surface area contributed by atoms with E-state index in [-0.39, 0.29) is 0 Å². The molecule has 0 fully saturated rings. The Kier molecular flexibility index (Phi) is 4.25. The minimum absolute atomic E-state index is 0.532. The van der Waals surface area contributed by atoms with Crippen LogP contribution in [0.4, 0.5) is 11.4 Å². The summed E-state index contributed by atoms with van der Waals surface area (Å²) in [7, 11) is 0. The van der Waals surface area contributed by atoms with Gasteiger partial charge in [0.05, 0.1) is 5.69 Å². The van der Waals surface area contributed by atoms with Gasteiger partial charge in [-0.25, -0.2) is 0 Å². The summed E-state index contributed by atoms with van der Waals surface area (Å²) in [5.74, 6) is 0.532. The molecular weight excluding hydrogens is 252 g/mol. The lowest BCUT2D eigenvalue weighted by Gasteiger charge is -2.20. The van der Waals surface area contributed by atoms with E-state index >= 15 is 0 Å². The van der Waals surface area contributed by atoms with E-state index in [1.807, 2.05) is 42.5 Å². The first-order valence-corrected chi connectivity index (χ1v) is 6.32. The van der Waals surface area contributed by atoms with Gasteiger partial charge < -0.3 is 4.74 Å². The molecule has 0 bridgehead atoms. The number of aldehydes is 1. The Hall–Kier alpha value is -2.49. The summed E-state index contributed by atoms with van der Waals surface area (Å²) in [4.78, 5) is 10.9. The minimum Gasteiger partial charge on any atom is -0.478 e. The van der Waals surface area contributed by atoms with Crippen molar-refractivity contribution in [2.75, 3.05) is 0 Å². The smallest absolute Gasteiger partial charge is 0.162 e. The van der Waals surface area contributed by atoms with Gasteiger partial charge in [-0.3, -0.25) is 4.79 Å². The summed E-state index contributed by atoms with van der Waals surface area (Å²) in [5, 5.41) is 8.33. The third-order valence-corrected chi connectivity index (χ3v) is 2.55. The molecule has 4 heteroatoms. The van der Waals surface area contributed by atoms with Gasteiger partial charge in [0.1, 0.15) is 11.4 Å². The Balaban J connectivity index is 2.24. The third kappa shape index (κ3) is 3.75. The highest BCUT2D eigenvalue weighted by Crippen LogP contribution is 2.31. The fourth-order valence-corrected chi connectivity index (χ4v) is 1.54. The van der Waals surface area contributed by atoms with E-state index in [4.69, 9.17) is 4.74 Å². The summed E-state index contributed by atoms with van der Waals surface area (Å²) in [6.07, 6.45) is 0.762. The number of hydrogen-bond acceptors (Lipinski definition) is 4. The van der Waals surface area contributed by atoms with Gasteiger partial charge in [0.15, 0.2) is 11.9 Å². The van der Waals surface area contributed by atoms with E-state index in [1.165, 1.54) is 0 Å². The van der Waals surface area contributed by atoms with Crippen LogP contribution in [-0.2, 0) is 4.79 Å². The number of para-hydroxylation sites is 1. The lowest BCUT2D eigenvalue weighted by molar-refractivity contribution is -0.118. The fraction of sp³-hybridized carbons (Fsp3) is 0.188. The van der Waals surface area contributed by atoms with Crippen LogP contribution in [0.2, 0.25) is 0 Å². The van der Waals surface area contributed by atoms with Crippen molar-refractivity contribution in [3.05, 3.63) is 54.6 Å². The van der Waals surface area contributed by atoms with E-state index in [9.17, 15) is 4.79 Å². The lowest BCUT2D eigenvalue weighted by Crippen LogP contribution is -2.29. The third-order valence-electron chi connectivity index (χ3n) is 2.55. The number of nitrogens with zero attached hydrogens (tertiary/aromatic N) is 2. The second-order valence-electron chi connectivity index (χ2n) is 4.83. The quantitative estimate of drug-likeness (QED) is 0.594. The maximum absolute atomic E-state index is 10.9. The van der Waals surface area contributed by atoms with E-state index in [0.29, 0.717) is 11.4 Å². The van der Waals surface area contributed by atoms with Crippen molar-refractivity contribution in [2.45, 2.75) is 19.4 Å². The van der Waals surface area contributed by atoms with Gasteiger partial charge in [-0.15, -0.1) is 5.11 Å². The first kappa shape index (κ1) is 13.9. The zero-order valence-electron chi connectivity index (χ0n) is 11.5. The number of carbonyl (C=O) groups excluding carboxylic acids is 1. The summed E-state index contributed by atoms with van der Waals surface area (Å²) >= 11 is 0. The van der Waals surface area contributed by atoms with Crippen molar-refractivity contribution in [1.82, 2.24) is 0 Å². The molecule has 0 N–H and O–H groups in total. The van der Waals surface area contributed by atoms with Crippen LogP contribution >= 0.6 is 0 Å². The molecule has 0 radical (unpaired) electrons. The molecule has 0 saturated carbocycles. The minimum atomic E-state index is -0.891. The van der Waals surface area contributed by atoms with Crippen LogP contribution in [0.15, 0.2) is 64.8 Å². The van der Waals surface area contributed by atoms with Crippen LogP contribution in [-0.4, -0.2) is 11.9 Å². The molecule has 2 aromatic rings. The average molecular weight is 268 g/mol. The molecular formula is C16H16N2O2. The highest BCUT2D eigenvalue weighted by atomic mass is 16.5. The van der Waals surface area contributed by atoms with Crippen molar-refractivity contribution in [3.63, 3.8) is 0 Å². The topological polar surface area (TPSA) is 51.0 Å². The average Bonchev–Trinajstić information content (AvgIpc) is 2.47. The molecule has 4 nitrogen and oxygen atoms in total. The highest BCUT2D eigenvalue weighted by Gasteiger charge is 2.19. The van der Waals surface area contributed by atoms with Crippen LogP contribution in [0.25, 0.3) is 0 Å². The van der Waals surface area contributed by atoms with Gasteiger partial charge in [-0.2, -0.15) is 5.11 Å². The van der Waals surface area contributed by atoms with Crippen molar-refractivity contribution in [2.24, 2.45) is 10.2 Å². The fourth-order valence-electron chi connectivity index (χ4n) is 1.54. The Bertz CT molecular complexity index is 607. The Morgan fingerprint density at radius 2 is 1.60 bits per heavy atom. The number of azo groups is 1. The van der Waals surface area contributed by atoms with Crippen molar-refractivity contribution in [3.8, 4) is 5.75 Å². The van der Waals surface area contributed by atoms with E-state index in [1.54, 1.807) is 26.0 Å². The summed E-state index contributed by atoms with van der Waals surface area (Å²) in [5.41, 5.74) is 0.460. The predicted molar refractivity (Wildman–Crippen MR) is 77.8 cm³/mol. The number of benzene rings is 2. The number of rotatable bonds is 5. The zero-order valence-corrected chi connectivity index (χ0v) is 11.5. The monoisotopic (exact) mass is 268 g/mol. The predicted octanol–water partition coefficient (Wildman–Crippen LogP) is 4.46. The lowest BCUT2D eigenvalue weighted by atomic mass is 10.1. The van der Waals surface area contributed by atoms with Gasteiger partial charge in [0.25, 0.3) is 0 Å². The summed E-state index contributed by atoms with van der Waals surface area (Å²) in [6, 6.07) is 16.7. The summed E-state index contributed by atoms with van der Waals surface area (Å²) in [6.45, 7) is 3.40. The second-order valence-corrected chi connectivity index (χ2v) is 4.83. The maximum Gasteiger partial charge on any atom is 0.162 e. The molecule has 0 aliphatic carbocycles. The normalized spacial score (nSPS) is 11.5. The Labute approximate surface area is 118 Å². The zero-order chi connectivity index (χ0) is 14.4. The molecule has 20 heavy (non-hydrogen) atoms. The molecule has 0 atom stereocenters. The maximum atomic E-state index is 10.9. The second kappa shape index (κ2) is 6.10. The van der Waals surface area contributed by atoms with Crippen LogP contribution in [0, 0.1) is 0 Å². The van der Waals surface area contributed by atoms with Crippen molar-refractivity contribution in [1.29, 1.82) is 0 Å². The molecule has 0 amide bonds. The molecule has 0 aliphatic heterocycles. The molecule has 2 aromatic carbocycles. The Morgan fingerprint density at radius 3 is 2.30 bits per heavy atom. The summed E-state index contributed by atoms with van der Waals surface area (Å²) < 4.78 is 5.65. The molecule has 0 heterocycles. The number of carbonyl (C=O) groups is 1. The number of hydrogen-bond donors (Lipinski definition) is 0. The van der Waals surface area contributed by atoms with E-state index in [0.717, 1.165) is 12.0 Å². The molecule has 0 aliphatic rings. The van der Waals surface area contributed by atoms with Crippen LogP contribution in [0.1, 0.15) is 13.8 Å². The van der Waals surface area contributed by atoms with Crippen molar-refractivity contribution >= 4 is 17.7 Å². The molecule has 102 valence electrons. The highest BCUT2D eigenvalue weighted by molar-refractivity contribution is 5.63. The van der Waals surface area contributed by atoms with Crippen LogP contribution in [0.3, 0.4) is 0 Å². The number of ether oxygens (including phenoxy) is 1. The molecule has 2 rings (SSSR count). The van der Waals surface area contributed by atoms with E-state index < -0.39 is 5.60 Å². The van der Waals surface area contributed by atoms with E-state index in [2.05, 4.69) is 10.2 Å². The first-order valence-electron chi connectivity index (χ1n) is 6.32. The van der Waals surface area contributed by atoms with Crippen LogP contribution in [0.5, 0.6) is 5.75 Å². The molecule has 0 unspecified atom stereocenters. The molecule has 0 saturated heterocycles. The first-order chi connectivity index (χ1) is 9.61. The SMILES string of the molecule is CC(C)(C=O)Oc1ccccc1N=Nc1ccccc1. The van der Waals surface area contributed by atoms with Gasteiger partial charge in [-0.1, -0.05) is 30.3 Å². The van der Waals surface area contributed by atoms with Crippen molar-refractivity contribution < 1.29 is 9.53 Å². The van der Waals surface area contributed by atoms with Gasteiger partial charge >= 0.3 is 0 Å².